The number of nitrogens with two attached hydrogens (primary N) is 1. The van der Waals surface area contributed by atoms with Gasteiger partial charge in [-0.05, 0) is 54.8 Å². The number of nitrogens with one attached hydrogen (secondary N) is 1. The van der Waals surface area contributed by atoms with Gasteiger partial charge in [0.1, 0.15) is 5.75 Å². The molecule has 3 aromatic rings. The number of nitrogen functional groups attached to an aromatic ring is 1. The van der Waals surface area contributed by atoms with Crippen molar-refractivity contribution in [3.63, 3.8) is 0 Å². The Morgan fingerprint density at radius 3 is 3.03 bits per heavy atom. The van der Waals surface area contributed by atoms with E-state index >= 15 is 0 Å². The number of benzene rings is 1. The molecule has 4 N–H and O–H groups in total. The fraction of sp³-hybridized carbons (Fsp3) is 0.368. The van der Waals surface area contributed by atoms with Gasteiger partial charge in [0.15, 0.2) is 5.69 Å². The number of hydrazone groups is 1. The van der Waals surface area contributed by atoms with Crippen LogP contribution in [0.25, 0.3) is 5.82 Å². The van der Waals surface area contributed by atoms with Crippen LogP contribution in [0.4, 0.5) is 5.82 Å². The predicted octanol–water partition coefficient (Wildman–Crippen LogP) is 1.73. The highest BCUT2D eigenvalue weighted by molar-refractivity contribution is 6.30. The van der Waals surface area contributed by atoms with Crippen molar-refractivity contribution < 1.29 is 14.5 Å². The molecule has 2 aromatic heterocycles. The molecule has 3 heterocycles. The van der Waals surface area contributed by atoms with Gasteiger partial charge in [-0.15, -0.1) is 5.10 Å². The molecule has 4 rings (SSSR count). The van der Waals surface area contributed by atoms with Crippen molar-refractivity contribution in [2.75, 3.05) is 12.3 Å². The standard InChI is InChI=1S/C19H22ClN9O3/c1-11-4-2-3-7-28(11)10-14-16(23-27-29(14)18-17(21)25-32-26-18)19(31)24-22-9-12-8-13(20)5-6-15(12)30/h5-6,8-9,11,30H,2-4,7,10H2,1H3,(H2,21,25)(H,24,31)/b22-9+/t11-/m0/s1. The highest BCUT2D eigenvalue weighted by Gasteiger charge is 2.28. The van der Waals surface area contributed by atoms with E-state index < -0.39 is 5.91 Å². The number of phenols is 1. The number of phenolic OH excluding ortho intramolecular Hbond substituents is 1. The average Bonchev–Trinajstić information content (AvgIpc) is 3.38. The van der Waals surface area contributed by atoms with E-state index in [0.29, 0.717) is 28.9 Å². The molecule has 0 unspecified atom stereocenters. The summed E-state index contributed by atoms with van der Waals surface area (Å²) in [5.74, 6) is -0.413. The number of carbonyl (C=O) groups is 1. The van der Waals surface area contributed by atoms with E-state index in [-0.39, 0.29) is 23.1 Å². The van der Waals surface area contributed by atoms with E-state index in [9.17, 15) is 9.90 Å². The molecule has 0 aliphatic carbocycles. The van der Waals surface area contributed by atoms with Gasteiger partial charge in [0.05, 0.1) is 11.9 Å². The Morgan fingerprint density at radius 2 is 2.28 bits per heavy atom. The number of anilines is 1. The molecule has 1 aliphatic heterocycles. The fourth-order valence-electron chi connectivity index (χ4n) is 3.55. The Hall–Kier alpha value is -3.51. The van der Waals surface area contributed by atoms with E-state index in [0.717, 1.165) is 25.8 Å². The highest BCUT2D eigenvalue weighted by Crippen LogP contribution is 2.23. The van der Waals surface area contributed by atoms with Crippen molar-refractivity contribution in [3.05, 3.63) is 40.2 Å². The number of aromatic nitrogens is 5. The van der Waals surface area contributed by atoms with Crippen LogP contribution in [0.5, 0.6) is 5.75 Å². The maximum absolute atomic E-state index is 12.9. The molecule has 1 aliphatic rings. The Kier molecular flexibility index (Phi) is 6.32. The molecule has 12 nitrogen and oxygen atoms in total. The third-order valence-corrected chi connectivity index (χ3v) is 5.56. The molecule has 1 saturated heterocycles. The summed E-state index contributed by atoms with van der Waals surface area (Å²) >= 11 is 5.93. The number of piperidine rings is 1. The lowest BCUT2D eigenvalue weighted by Gasteiger charge is -2.33. The van der Waals surface area contributed by atoms with Crippen molar-refractivity contribution in [3.8, 4) is 11.6 Å². The van der Waals surface area contributed by atoms with Gasteiger partial charge in [0, 0.05) is 23.2 Å². The van der Waals surface area contributed by atoms with Crippen LogP contribution < -0.4 is 11.2 Å². The number of hydrogen-bond donors (Lipinski definition) is 3. The summed E-state index contributed by atoms with van der Waals surface area (Å²) in [6.45, 7) is 3.43. The summed E-state index contributed by atoms with van der Waals surface area (Å²) in [4.78, 5) is 15.1. The van der Waals surface area contributed by atoms with Crippen LogP contribution in [0.15, 0.2) is 27.9 Å². The molecule has 0 bridgehead atoms. The van der Waals surface area contributed by atoms with Crippen molar-refractivity contribution in [1.29, 1.82) is 0 Å². The number of hydrogen-bond acceptors (Lipinski definition) is 10. The first-order valence-electron chi connectivity index (χ1n) is 10.0. The summed E-state index contributed by atoms with van der Waals surface area (Å²) in [6.07, 6.45) is 4.57. The van der Waals surface area contributed by atoms with Crippen molar-refractivity contribution in [2.24, 2.45) is 5.10 Å². The SMILES string of the molecule is C[C@H]1CCCCN1Cc1c(C(=O)N/N=C/c2cc(Cl)ccc2O)nnn1-c1nonc1N. The maximum atomic E-state index is 12.9. The highest BCUT2D eigenvalue weighted by atomic mass is 35.5. The Labute approximate surface area is 188 Å². The van der Waals surface area contributed by atoms with Gasteiger partial charge in [0.25, 0.3) is 5.91 Å². The van der Waals surface area contributed by atoms with Crippen LogP contribution in [-0.2, 0) is 6.54 Å². The summed E-state index contributed by atoms with van der Waals surface area (Å²) in [7, 11) is 0. The molecular weight excluding hydrogens is 438 g/mol. The lowest BCUT2D eigenvalue weighted by Crippen LogP contribution is -2.38. The number of nitrogens with zero attached hydrogens (tertiary/aromatic N) is 7. The topological polar surface area (TPSA) is 161 Å². The third kappa shape index (κ3) is 4.55. The van der Waals surface area contributed by atoms with Crippen molar-refractivity contribution >= 4 is 29.5 Å². The number of rotatable bonds is 6. The zero-order valence-corrected chi connectivity index (χ0v) is 18.0. The van der Waals surface area contributed by atoms with Crippen LogP contribution in [-0.4, -0.2) is 60.0 Å². The zero-order chi connectivity index (χ0) is 22.7. The van der Waals surface area contributed by atoms with Crippen LogP contribution in [0.3, 0.4) is 0 Å². The maximum Gasteiger partial charge on any atom is 0.293 e. The predicted molar refractivity (Wildman–Crippen MR) is 116 cm³/mol. The second-order valence-electron chi connectivity index (χ2n) is 7.49. The summed E-state index contributed by atoms with van der Waals surface area (Å²) in [6, 6.07) is 4.83. The molecule has 0 saturated carbocycles. The number of amides is 1. The second-order valence-corrected chi connectivity index (χ2v) is 7.92. The minimum absolute atomic E-state index is 0.0212. The molecule has 1 aromatic carbocycles. The summed E-state index contributed by atoms with van der Waals surface area (Å²) in [5, 5.41) is 29.6. The second kappa shape index (κ2) is 9.32. The molecule has 13 heteroatoms. The Bertz CT molecular complexity index is 1140. The van der Waals surface area contributed by atoms with E-state index in [1.165, 1.54) is 23.0 Å². The molecule has 0 spiro atoms. The Balaban J connectivity index is 1.60. The average molecular weight is 460 g/mol. The van der Waals surface area contributed by atoms with Crippen molar-refractivity contribution in [1.82, 2.24) is 35.6 Å². The normalized spacial score (nSPS) is 17.1. The molecule has 1 fully saturated rings. The van der Waals surface area contributed by atoms with E-state index in [1.54, 1.807) is 6.07 Å². The van der Waals surface area contributed by atoms with Gasteiger partial charge in [-0.3, -0.25) is 9.69 Å². The van der Waals surface area contributed by atoms with Gasteiger partial charge >= 0.3 is 0 Å². The molecule has 0 radical (unpaired) electrons. The van der Waals surface area contributed by atoms with E-state index in [1.807, 2.05) is 0 Å². The lowest BCUT2D eigenvalue weighted by molar-refractivity contribution is 0.0945. The Morgan fingerprint density at radius 1 is 1.44 bits per heavy atom. The van der Waals surface area contributed by atoms with E-state index in [4.69, 9.17) is 17.3 Å². The molecule has 32 heavy (non-hydrogen) atoms. The van der Waals surface area contributed by atoms with Gasteiger partial charge in [-0.25, -0.2) is 10.1 Å². The van der Waals surface area contributed by atoms with Crippen LogP contribution in [0.1, 0.15) is 47.9 Å². The number of likely N-dealkylation sites (tertiary alicyclic amines) is 1. The van der Waals surface area contributed by atoms with Gasteiger partial charge in [-0.2, -0.15) is 9.78 Å². The monoisotopic (exact) mass is 459 g/mol. The molecular formula is C19H22ClN9O3. The lowest BCUT2D eigenvalue weighted by atomic mass is 10.0. The smallest absolute Gasteiger partial charge is 0.293 e. The minimum atomic E-state index is -0.580. The van der Waals surface area contributed by atoms with Gasteiger partial charge in [0.2, 0.25) is 11.6 Å². The van der Waals surface area contributed by atoms with Crippen LogP contribution in [0.2, 0.25) is 5.02 Å². The van der Waals surface area contributed by atoms with Gasteiger partial charge < -0.3 is 10.8 Å². The number of halogens is 1. The quantitative estimate of drug-likeness (QED) is 0.368. The van der Waals surface area contributed by atoms with Crippen LogP contribution in [0, 0.1) is 0 Å². The zero-order valence-electron chi connectivity index (χ0n) is 17.3. The first kappa shape index (κ1) is 21.7. The van der Waals surface area contributed by atoms with Crippen molar-refractivity contribution in [2.45, 2.75) is 38.8 Å². The fourth-order valence-corrected chi connectivity index (χ4v) is 3.74. The molecule has 1 amide bonds. The third-order valence-electron chi connectivity index (χ3n) is 5.33. The minimum Gasteiger partial charge on any atom is -0.507 e. The molecule has 1 atom stereocenters. The first-order chi connectivity index (χ1) is 15.4. The largest absolute Gasteiger partial charge is 0.507 e. The van der Waals surface area contributed by atoms with Crippen LogP contribution >= 0.6 is 11.6 Å². The number of carbonyl (C=O) groups excluding carboxylic acids is 1. The molecule has 168 valence electrons. The van der Waals surface area contributed by atoms with Gasteiger partial charge in [-0.1, -0.05) is 23.2 Å². The number of aromatic hydroxyl groups is 1. The van der Waals surface area contributed by atoms with E-state index in [2.05, 4.69) is 47.6 Å². The summed E-state index contributed by atoms with van der Waals surface area (Å²) in [5.41, 5.74) is 9.14. The summed E-state index contributed by atoms with van der Waals surface area (Å²) < 4.78 is 6.04. The first-order valence-corrected chi connectivity index (χ1v) is 10.4.